The van der Waals surface area contributed by atoms with E-state index in [2.05, 4.69) is 63.4 Å². The second kappa shape index (κ2) is 21.5. The van der Waals surface area contributed by atoms with Gasteiger partial charge in [-0.15, -0.1) is 0 Å². The molecule has 4 atom stereocenters. The fourth-order valence-electron chi connectivity index (χ4n) is 8.47. The zero-order valence-electron chi connectivity index (χ0n) is 34.7. The Hall–Kier alpha value is -5.22. The van der Waals surface area contributed by atoms with Crippen molar-refractivity contribution in [2.24, 2.45) is 0 Å². The molecule has 4 aromatic carbocycles. The lowest BCUT2D eigenvalue weighted by Gasteiger charge is -2.35. The maximum Gasteiger partial charge on any atom is 0.315 e. The average molecular weight is 864 g/mol. The molecule has 3 fully saturated rings. The van der Waals surface area contributed by atoms with Crippen molar-refractivity contribution in [3.8, 4) is 28.7 Å². The number of hydrogen-bond acceptors (Lipinski definition) is 8. The number of benzene rings is 4. The number of nitriles is 1. The van der Waals surface area contributed by atoms with E-state index in [1.54, 1.807) is 6.07 Å². The monoisotopic (exact) mass is 862 g/mol. The van der Waals surface area contributed by atoms with Crippen LogP contribution in [0.25, 0.3) is 11.1 Å². The standard InChI is InChI=1S/C48H55ClN6O5S/c1-32-36(16-10-17-38(32)35-14-3-2-4-15-35)30-60-43-26-42(59-29-34-13-9-12-33(24-34)27-50)37(25-39(43)49)28-55-23-8-7-18-41(55)47(57)52-22-11-21-51-45(56)20-6-5-19-44-46-40(31-61-44)53-48(58)54-46/h2-4,9-10,12-17,24-26,40-41,44,46H,5-8,11,18-23,28-31H2,1H3,(H,51,56)(H,52,57)(H2,53,54,58)/t40-,41?,44-,46-/m0/s1. The van der Waals surface area contributed by atoms with E-state index in [9.17, 15) is 19.6 Å². The van der Waals surface area contributed by atoms with Gasteiger partial charge in [-0.25, -0.2) is 4.79 Å². The Morgan fingerprint density at radius 3 is 2.57 bits per heavy atom. The van der Waals surface area contributed by atoms with Gasteiger partial charge in [-0.3, -0.25) is 14.5 Å². The largest absolute Gasteiger partial charge is 0.488 e. The van der Waals surface area contributed by atoms with E-state index in [0.717, 1.165) is 84.2 Å². The minimum atomic E-state index is -0.320. The Morgan fingerprint density at radius 1 is 0.902 bits per heavy atom. The van der Waals surface area contributed by atoms with Crippen LogP contribution in [-0.2, 0) is 29.3 Å². The molecule has 3 aliphatic heterocycles. The fourth-order valence-corrected chi connectivity index (χ4v) is 10.3. The number of rotatable bonds is 19. The summed E-state index contributed by atoms with van der Waals surface area (Å²) in [5.74, 6) is 2.03. The minimum absolute atomic E-state index is 0.0239. The molecule has 13 heteroatoms. The number of piperidine rings is 1. The molecule has 0 spiro atoms. The van der Waals surface area contributed by atoms with Crippen LogP contribution in [0, 0.1) is 18.3 Å². The second-order valence-electron chi connectivity index (χ2n) is 16.1. The van der Waals surface area contributed by atoms with Crippen molar-refractivity contribution in [2.45, 2.75) is 101 Å². The van der Waals surface area contributed by atoms with Crippen LogP contribution in [0.5, 0.6) is 11.5 Å². The zero-order chi connectivity index (χ0) is 42.6. The van der Waals surface area contributed by atoms with E-state index in [-0.39, 0.29) is 42.6 Å². The molecule has 4 aromatic rings. The van der Waals surface area contributed by atoms with E-state index >= 15 is 0 Å². The van der Waals surface area contributed by atoms with E-state index < -0.39 is 0 Å². The number of hydrogen-bond donors (Lipinski definition) is 4. The van der Waals surface area contributed by atoms with Crippen LogP contribution in [-0.4, -0.2) is 71.5 Å². The Balaban J connectivity index is 0.931. The number of halogens is 1. The number of urea groups is 1. The van der Waals surface area contributed by atoms with Crippen molar-refractivity contribution >= 4 is 41.2 Å². The van der Waals surface area contributed by atoms with Crippen molar-refractivity contribution in [3.63, 3.8) is 0 Å². The SMILES string of the molecule is Cc1c(COc2cc(OCc3cccc(C#N)c3)c(CN3CCCCC3C(=O)NCCCNC(=O)CCCC[C@@H]3SC[C@@H]4NC(=O)N[C@@H]43)cc2Cl)cccc1-c1ccccc1. The van der Waals surface area contributed by atoms with Crippen molar-refractivity contribution in [1.29, 1.82) is 5.26 Å². The molecule has 4 N–H and O–H groups in total. The van der Waals surface area contributed by atoms with Crippen molar-refractivity contribution in [1.82, 2.24) is 26.2 Å². The Bertz CT molecular complexity index is 2200. The van der Waals surface area contributed by atoms with Crippen molar-refractivity contribution < 1.29 is 23.9 Å². The van der Waals surface area contributed by atoms with E-state index in [1.165, 1.54) is 0 Å². The van der Waals surface area contributed by atoms with Crippen LogP contribution in [0.2, 0.25) is 5.02 Å². The van der Waals surface area contributed by atoms with Crippen LogP contribution in [0.1, 0.15) is 79.2 Å². The lowest BCUT2D eigenvalue weighted by Crippen LogP contribution is -2.49. The van der Waals surface area contributed by atoms with Crippen molar-refractivity contribution in [2.75, 3.05) is 25.4 Å². The second-order valence-corrected chi connectivity index (χ2v) is 17.8. The number of nitrogens with one attached hydrogen (secondary N) is 4. The molecule has 3 heterocycles. The summed E-state index contributed by atoms with van der Waals surface area (Å²) in [6.45, 7) is 4.81. The molecule has 320 valence electrons. The number of ether oxygens (including phenoxy) is 2. The predicted octanol–water partition coefficient (Wildman–Crippen LogP) is 8.05. The minimum Gasteiger partial charge on any atom is -0.488 e. The summed E-state index contributed by atoms with van der Waals surface area (Å²) in [4.78, 5) is 40.0. The van der Waals surface area contributed by atoms with Gasteiger partial charge in [-0.1, -0.05) is 85.1 Å². The average Bonchev–Trinajstić information content (AvgIpc) is 3.84. The van der Waals surface area contributed by atoms with Gasteiger partial charge < -0.3 is 30.7 Å². The molecule has 0 aromatic heterocycles. The summed E-state index contributed by atoms with van der Waals surface area (Å²) in [6, 6.07) is 29.8. The van der Waals surface area contributed by atoms with Crippen LogP contribution in [0.4, 0.5) is 4.79 Å². The molecule has 11 nitrogen and oxygen atoms in total. The summed E-state index contributed by atoms with van der Waals surface area (Å²) in [6.07, 6.45) is 6.49. The molecule has 0 radical (unpaired) electrons. The van der Waals surface area contributed by atoms with Gasteiger partial charge in [0.1, 0.15) is 24.7 Å². The van der Waals surface area contributed by atoms with Gasteiger partial charge in [-0.2, -0.15) is 17.0 Å². The van der Waals surface area contributed by atoms with Crippen LogP contribution < -0.4 is 30.7 Å². The molecule has 1 unspecified atom stereocenters. The lowest BCUT2D eigenvalue weighted by atomic mass is 9.97. The first-order chi connectivity index (χ1) is 29.7. The summed E-state index contributed by atoms with van der Waals surface area (Å²) in [7, 11) is 0. The third kappa shape index (κ3) is 11.8. The smallest absolute Gasteiger partial charge is 0.315 e. The molecule has 3 aliphatic rings. The van der Waals surface area contributed by atoms with Crippen LogP contribution in [0.3, 0.4) is 0 Å². The fraction of sp³-hybridized carbons (Fsp3) is 0.417. The third-order valence-electron chi connectivity index (χ3n) is 11.8. The lowest BCUT2D eigenvalue weighted by molar-refractivity contribution is -0.127. The molecule has 4 amide bonds. The Labute approximate surface area is 368 Å². The van der Waals surface area contributed by atoms with Crippen molar-refractivity contribution in [3.05, 3.63) is 118 Å². The van der Waals surface area contributed by atoms with Crippen LogP contribution in [0.15, 0.2) is 84.9 Å². The van der Waals surface area contributed by atoms with E-state index in [4.69, 9.17) is 21.1 Å². The molecule has 0 saturated carbocycles. The quantitative estimate of drug-likeness (QED) is 0.0548. The number of nitrogens with zero attached hydrogens (tertiary/aromatic N) is 2. The number of unbranched alkanes of at least 4 members (excludes halogenated alkanes) is 1. The maximum absolute atomic E-state index is 13.6. The topological polar surface area (TPSA) is 145 Å². The van der Waals surface area contributed by atoms with Gasteiger partial charge in [0.25, 0.3) is 0 Å². The molecular weight excluding hydrogens is 808 g/mol. The highest BCUT2D eigenvalue weighted by Gasteiger charge is 2.42. The van der Waals surface area contributed by atoms with Gasteiger partial charge in [0.05, 0.1) is 34.8 Å². The first kappa shape index (κ1) is 43.9. The highest BCUT2D eigenvalue weighted by Crippen LogP contribution is 2.37. The molecule has 7 rings (SSSR count). The highest BCUT2D eigenvalue weighted by atomic mass is 35.5. The van der Waals surface area contributed by atoms with Gasteiger partial charge >= 0.3 is 6.03 Å². The highest BCUT2D eigenvalue weighted by molar-refractivity contribution is 8.00. The normalized spacial score (nSPS) is 19.6. The molecule has 0 aliphatic carbocycles. The number of carbonyl (C=O) groups excluding carboxylic acids is 3. The molecule has 0 bridgehead atoms. The molecule has 3 saturated heterocycles. The summed E-state index contributed by atoms with van der Waals surface area (Å²) in [5.41, 5.74) is 6.73. The summed E-state index contributed by atoms with van der Waals surface area (Å²) in [5, 5.41) is 22.4. The third-order valence-corrected chi connectivity index (χ3v) is 13.6. The zero-order valence-corrected chi connectivity index (χ0v) is 36.3. The number of likely N-dealkylation sites (tertiary alicyclic amines) is 1. The Kier molecular flexibility index (Phi) is 15.5. The predicted molar refractivity (Wildman–Crippen MR) is 241 cm³/mol. The number of carbonyl (C=O) groups is 3. The van der Waals surface area contributed by atoms with Gasteiger partial charge in [-0.05, 0) is 91.6 Å². The van der Waals surface area contributed by atoms with E-state index in [0.29, 0.717) is 66.4 Å². The first-order valence-corrected chi connectivity index (χ1v) is 22.9. The van der Waals surface area contributed by atoms with Crippen LogP contribution >= 0.6 is 23.4 Å². The summed E-state index contributed by atoms with van der Waals surface area (Å²) >= 11 is 8.85. The number of fused-ring (bicyclic) bond motifs is 1. The van der Waals surface area contributed by atoms with Gasteiger partial charge in [0.15, 0.2) is 0 Å². The molecular formula is C48H55ClN6O5S. The van der Waals surface area contributed by atoms with E-state index in [1.807, 2.05) is 66.4 Å². The number of amides is 4. The summed E-state index contributed by atoms with van der Waals surface area (Å²) < 4.78 is 12.9. The molecule has 61 heavy (non-hydrogen) atoms. The number of thioether (sulfide) groups is 1. The maximum atomic E-state index is 13.6. The van der Waals surface area contributed by atoms with Gasteiger partial charge in [0.2, 0.25) is 11.8 Å². The van der Waals surface area contributed by atoms with Gasteiger partial charge in [0, 0.05) is 48.7 Å². The Morgan fingerprint density at radius 2 is 1.72 bits per heavy atom. The first-order valence-electron chi connectivity index (χ1n) is 21.4.